The van der Waals surface area contributed by atoms with Crippen molar-refractivity contribution in [3.05, 3.63) is 60.2 Å². The Bertz CT molecular complexity index is 661. The normalized spacial score (nSPS) is 10.5. The van der Waals surface area contributed by atoms with Gasteiger partial charge in [0.05, 0.1) is 6.42 Å². The van der Waals surface area contributed by atoms with E-state index in [1.807, 2.05) is 36.4 Å². The lowest BCUT2D eigenvalue weighted by molar-refractivity contribution is 0.385. The Hall–Kier alpha value is -2.69. The van der Waals surface area contributed by atoms with Gasteiger partial charge in [0.2, 0.25) is 11.7 Å². The van der Waals surface area contributed by atoms with E-state index in [4.69, 9.17) is 10.3 Å². The largest absolute Gasteiger partial charge is 0.399 e. The molecule has 0 aliphatic heterocycles. The summed E-state index contributed by atoms with van der Waals surface area (Å²) in [6.45, 7) is 0. The average Bonchev–Trinajstić information content (AvgIpc) is 2.91. The molecule has 3 rings (SSSR count). The maximum Gasteiger partial charge on any atom is 0.231 e. The molecule has 0 saturated carbocycles. The Labute approximate surface area is 110 Å². The van der Waals surface area contributed by atoms with Crippen molar-refractivity contribution in [1.29, 1.82) is 0 Å². The number of anilines is 1. The number of benzene rings is 1. The lowest BCUT2D eigenvalue weighted by Crippen LogP contribution is -1.90. The third-order valence-electron chi connectivity index (χ3n) is 2.74. The topological polar surface area (TPSA) is 77.8 Å². The van der Waals surface area contributed by atoms with Crippen LogP contribution in [0.2, 0.25) is 0 Å². The fourth-order valence-electron chi connectivity index (χ4n) is 1.76. The molecule has 0 saturated heterocycles. The zero-order valence-electron chi connectivity index (χ0n) is 10.2. The first-order chi connectivity index (χ1) is 9.31. The lowest BCUT2D eigenvalue weighted by atomic mass is 10.1. The molecule has 0 spiro atoms. The monoisotopic (exact) mass is 252 g/mol. The predicted octanol–water partition coefficient (Wildman–Crippen LogP) is 2.30. The van der Waals surface area contributed by atoms with E-state index in [0.29, 0.717) is 18.1 Å². The number of pyridine rings is 1. The van der Waals surface area contributed by atoms with Crippen LogP contribution in [0.1, 0.15) is 11.5 Å². The number of nitrogens with two attached hydrogens (primary N) is 1. The number of rotatable bonds is 3. The van der Waals surface area contributed by atoms with Crippen molar-refractivity contribution >= 4 is 5.69 Å². The van der Waals surface area contributed by atoms with Crippen molar-refractivity contribution in [3.8, 4) is 11.4 Å². The third-order valence-corrected chi connectivity index (χ3v) is 2.74. The summed E-state index contributed by atoms with van der Waals surface area (Å²) in [5.74, 6) is 1.16. The first kappa shape index (κ1) is 11.4. The minimum absolute atomic E-state index is 0.577. The van der Waals surface area contributed by atoms with Crippen LogP contribution in [0, 0.1) is 0 Å². The molecule has 1 aromatic carbocycles. The number of nitrogens with zero attached hydrogens (tertiary/aromatic N) is 3. The van der Waals surface area contributed by atoms with E-state index >= 15 is 0 Å². The van der Waals surface area contributed by atoms with Gasteiger partial charge in [-0.2, -0.15) is 4.98 Å². The molecule has 19 heavy (non-hydrogen) atoms. The molecule has 0 amide bonds. The smallest absolute Gasteiger partial charge is 0.231 e. The van der Waals surface area contributed by atoms with Crippen molar-refractivity contribution in [3.63, 3.8) is 0 Å². The minimum atomic E-state index is 0.577. The predicted molar refractivity (Wildman–Crippen MR) is 71.2 cm³/mol. The Morgan fingerprint density at radius 2 is 1.74 bits per heavy atom. The molecule has 0 fully saturated rings. The summed E-state index contributed by atoms with van der Waals surface area (Å²) in [5.41, 5.74) is 8.36. The van der Waals surface area contributed by atoms with Crippen LogP contribution >= 0.6 is 0 Å². The first-order valence-corrected chi connectivity index (χ1v) is 5.89. The molecule has 5 heteroatoms. The van der Waals surface area contributed by atoms with Gasteiger partial charge in [-0.05, 0) is 29.8 Å². The Morgan fingerprint density at radius 1 is 1.00 bits per heavy atom. The summed E-state index contributed by atoms with van der Waals surface area (Å²) in [4.78, 5) is 8.32. The summed E-state index contributed by atoms with van der Waals surface area (Å²) in [6, 6.07) is 11.3. The number of nitrogen functional groups attached to an aromatic ring is 1. The van der Waals surface area contributed by atoms with Gasteiger partial charge in [-0.1, -0.05) is 17.3 Å². The number of hydrogen-bond donors (Lipinski definition) is 1. The van der Waals surface area contributed by atoms with Gasteiger partial charge < -0.3 is 10.3 Å². The summed E-state index contributed by atoms with van der Waals surface area (Å²) >= 11 is 0. The van der Waals surface area contributed by atoms with Gasteiger partial charge in [0.15, 0.2) is 0 Å². The molecule has 2 N–H and O–H groups in total. The third kappa shape index (κ3) is 2.60. The van der Waals surface area contributed by atoms with E-state index in [1.54, 1.807) is 12.4 Å². The molecule has 0 unspecified atom stereocenters. The standard InChI is InChI=1S/C14H12N4O/c15-12-3-1-10(2-4-12)9-13-17-14(18-19-13)11-5-7-16-8-6-11/h1-8H,9,15H2. The second-order valence-electron chi connectivity index (χ2n) is 4.17. The molecule has 0 bridgehead atoms. The maximum absolute atomic E-state index is 5.64. The van der Waals surface area contributed by atoms with Crippen molar-refractivity contribution in [2.24, 2.45) is 0 Å². The van der Waals surface area contributed by atoms with Crippen LogP contribution in [0.4, 0.5) is 5.69 Å². The summed E-state index contributed by atoms with van der Waals surface area (Å²) in [7, 11) is 0. The fraction of sp³-hybridized carbons (Fsp3) is 0.0714. The van der Waals surface area contributed by atoms with E-state index in [9.17, 15) is 0 Å². The van der Waals surface area contributed by atoms with Gasteiger partial charge in [0.1, 0.15) is 0 Å². The zero-order chi connectivity index (χ0) is 13.1. The van der Waals surface area contributed by atoms with E-state index < -0.39 is 0 Å². The molecule has 5 nitrogen and oxygen atoms in total. The molecule has 94 valence electrons. The van der Waals surface area contributed by atoms with Gasteiger partial charge >= 0.3 is 0 Å². The van der Waals surface area contributed by atoms with Gasteiger partial charge in [0, 0.05) is 23.6 Å². The highest BCUT2D eigenvalue weighted by molar-refractivity contribution is 5.52. The van der Waals surface area contributed by atoms with E-state index in [0.717, 1.165) is 16.8 Å². The van der Waals surface area contributed by atoms with Crippen LogP contribution in [0.25, 0.3) is 11.4 Å². The van der Waals surface area contributed by atoms with E-state index in [-0.39, 0.29) is 0 Å². The molecule has 0 atom stereocenters. The SMILES string of the molecule is Nc1ccc(Cc2nc(-c3ccncc3)no2)cc1. The van der Waals surface area contributed by atoms with Crippen LogP contribution in [0.5, 0.6) is 0 Å². The van der Waals surface area contributed by atoms with Gasteiger partial charge in [0.25, 0.3) is 0 Å². The van der Waals surface area contributed by atoms with Crippen LogP contribution in [-0.4, -0.2) is 15.1 Å². The van der Waals surface area contributed by atoms with Crippen molar-refractivity contribution in [2.75, 3.05) is 5.73 Å². The van der Waals surface area contributed by atoms with Gasteiger partial charge in [-0.25, -0.2) is 0 Å². The second-order valence-corrected chi connectivity index (χ2v) is 4.17. The average molecular weight is 252 g/mol. The molecule has 0 radical (unpaired) electrons. The van der Waals surface area contributed by atoms with Crippen LogP contribution in [0.15, 0.2) is 53.3 Å². The maximum atomic E-state index is 5.64. The molecule has 3 aromatic rings. The summed E-state index contributed by atoms with van der Waals surface area (Å²) in [5, 5.41) is 3.96. The quantitative estimate of drug-likeness (QED) is 0.724. The van der Waals surface area contributed by atoms with E-state index in [2.05, 4.69) is 15.1 Å². The van der Waals surface area contributed by atoms with E-state index in [1.165, 1.54) is 0 Å². The zero-order valence-corrected chi connectivity index (χ0v) is 10.2. The molecular weight excluding hydrogens is 240 g/mol. The minimum Gasteiger partial charge on any atom is -0.399 e. The Morgan fingerprint density at radius 3 is 2.47 bits per heavy atom. The number of hydrogen-bond acceptors (Lipinski definition) is 5. The fourth-order valence-corrected chi connectivity index (χ4v) is 1.76. The summed E-state index contributed by atoms with van der Waals surface area (Å²) < 4.78 is 5.24. The lowest BCUT2D eigenvalue weighted by Gasteiger charge is -1.97. The van der Waals surface area contributed by atoms with Gasteiger partial charge in [-0.3, -0.25) is 4.98 Å². The van der Waals surface area contributed by atoms with Crippen LogP contribution < -0.4 is 5.73 Å². The van der Waals surface area contributed by atoms with Gasteiger partial charge in [-0.15, -0.1) is 0 Å². The summed E-state index contributed by atoms with van der Waals surface area (Å²) in [6.07, 6.45) is 4.00. The second kappa shape index (κ2) is 4.89. The highest BCUT2D eigenvalue weighted by Crippen LogP contribution is 2.16. The molecule has 0 aliphatic carbocycles. The number of aromatic nitrogens is 3. The van der Waals surface area contributed by atoms with Crippen LogP contribution in [0.3, 0.4) is 0 Å². The Kier molecular flexibility index (Phi) is 2.94. The molecule has 0 aliphatic rings. The highest BCUT2D eigenvalue weighted by atomic mass is 16.5. The van der Waals surface area contributed by atoms with Crippen molar-refractivity contribution in [1.82, 2.24) is 15.1 Å². The molecular formula is C14H12N4O. The van der Waals surface area contributed by atoms with Crippen molar-refractivity contribution < 1.29 is 4.52 Å². The van der Waals surface area contributed by atoms with Crippen LogP contribution in [-0.2, 0) is 6.42 Å². The highest BCUT2D eigenvalue weighted by Gasteiger charge is 2.08. The van der Waals surface area contributed by atoms with Crippen molar-refractivity contribution in [2.45, 2.75) is 6.42 Å². The first-order valence-electron chi connectivity index (χ1n) is 5.89. The Balaban J connectivity index is 1.80. The molecule has 2 aromatic heterocycles. The molecule has 2 heterocycles.